The first-order valence-electron chi connectivity index (χ1n) is 5.69. The standard InChI is InChI=1S/C13H19NO3/c1-9-7-11(3)12(8-10(9)2)17-13(16)14-5-4-6-15/h7-8,15H,4-6H2,1-3H3,(H,14,16). The molecule has 0 saturated heterocycles. The van der Waals surface area contributed by atoms with E-state index in [4.69, 9.17) is 9.84 Å². The van der Waals surface area contributed by atoms with Crippen LogP contribution in [0, 0.1) is 20.8 Å². The third kappa shape index (κ3) is 4.07. The molecule has 1 aromatic rings. The summed E-state index contributed by atoms with van der Waals surface area (Å²) < 4.78 is 5.20. The second-order valence-corrected chi connectivity index (χ2v) is 4.10. The van der Waals surface area contributed by atoms with Gasteiger partial charge in [-0.3, -0.25) is 0 Å². The summed E-state index contributed by atoms with van der Waals surface area (Å²) in [6, 6.07) is 3.85. The lowest BCUT2D eigenvalue weighted by molar-refractivity contribution is 0.198. The zero-order chi connectivity index (χ0) is 12.8. The number of hydrogen-bond donors (Lipinski definition) is 2. The normalized spacial score (nSPS) is 10.1. The van der Waals surface area contributed by atoms with E-state index in [0.29, 0.717) is 18.7 Å². The maximum absolute atomic E-state index is 11.4. The molecule has 0 spiro atoms. The van der Waals surface area contributed by atoms with Gasteiger partial charge in [0.15, 0.2) is 0 Å². The number of rotatable bonds is 4. The number of carbonyl (C=O) groups is 1. The number of aliphatic hydroxyl groups is 1. The van der Waals surface area contributed by atoms with Crippen LogP contribution in [-0.2, 0) is 0 Å². The van der Waals surface area contributed by atoms with E-state index in [1.54, 1.807) is 0 Å². The van der Waals surface area contributed by atoms with E-state index < -0.39 is 6.09 Å². The third-order valence-electron chi connectivity index (χ3n) is 2.60. The van der Waals surface area contributed by atoms with E-state index in [-0.39, 0.29) is 6.61 Å². The smallest absolute Gasteiger partial charge is 0.410 e. The van der Waals surface area contributed by atoms with Crippen LogP contribution in [0.2, 0.25) is 0 Å². The monoisotopic (exact) mass is 237 g/mol. The van der Waals surface area contributed by atoms with Crippen molar-refractivity contribution in [3.8, 4) is 5.75 Å². The molecule has 0 aliphatic rings. The molecule has 17 heavy (non-hydrogen) atoms. The quantitative estimate of drug-likeness (QED) is 0.788. The number of aryl methyl sites for hydroxylation is 3. The first-order valence-corrected chi connectivity index (χ1v) is 5.69. The van der Waals surface area contributed by atoms with Gasteiger partial charge in [-0.05, 0) is 49.9 Å². The fourth-order valence-corrected chi connectivity index (χ4v) is 1.45. The minimum absolute atomic E-state index is 0.0585. The molecular weight excluding hydrogens is 218 g/mol. The van der Waals surface area contributed by atoms with Gasteiger partial charge in [0.2, 0.25) is 0 Å². The number of amides is 1. The third-order valence-corrected chi connectivity index (χ3v) is 2.60. The van der Waals surface area contributed by atoms with Gasteiger partial charge in [0, 0.05) is 13.2 Å². The highest BCUT2D eigenvalue weighted by atomic mass is 16.6. The number of nitrogens with one attached hydrogen (secondary N) is 1. The Bertz CT molecular complexity index is 402. The first kappa shape index (κ1) is 13.5. The molecule has 0 bridgehead atoms. The van der Waals surface area contributed by atoms with Crippen LogP contribution < -0.4 is 10.1 Å². The van der Waals surface area contributed by atoms with Crippen molar-refractivity contribution in [2.75, 3.05) is 13.2 Å². The van der Waals surface area contributed by atoms with Crippen LogP contribution in [0.15, 0.2) is 12.1 Å². The molecule has 94 valence electrons. The Morgan fingerprint density at radius 1 is 1.24 bits per heavy atom. The minimum atomic E-state index is -0.482. The molecule has 0 saturated carbocycles. The van der Waals surface area contributed by atoms with E-state index >= 15 is 0 Å². The van der Waals surface area contributed by atoms with Crippen LogP contribution in [0.5, 0.6) is 5.75 Å². The first-order chi connectivity index (χ1) is 8.04. The second-order valence-electron chi connectivity index (χ2n) is 4.10. The van der Waals surface area contributed by atoms with Gasteiger partial charge >= 0.3 is 6.09 Å². The lowest BCUT2D eigenvalue weighted by Gasteiger charge is -2.10. The summed E-state index contributed by atoms with van der Waals surface area (Å²) in [6.07, 6.45) is 0.0471. The zero-order valence-corrected chi connectivity index (χ0v) is 10.5. The molecule has 2 N–H and O–H groups in total. The zero-order valence-electron chi connectivity index (χ0n) is 10.5. The van der Waals surface area contributed by atoms with Crippen LogP contribution in [0.1, 0.15) is 23.1 Å². The molecule has 0 heterocycles. The van der Waals surface area contributed by atoms with Gasteiger partial charge in [-0.1, -0.05) is 6.07 Å². The second kappa shape index (κ2) is 6.25. The Kier molecular flexibility index (Phi) is 4.97. The van der Waals surface area contributed by atoms with Crippen LogP contribution in [0.4, 0.5) is 4.79 Å². The number of benzene rings is 1. The lowest BCUT2D eigenvalue weighted by Crippen LogP contribution is -2.28. The Labute approximate surface area is 102 Å². The van der Waals surface area contributed by atoms with Crippen molar-refractivity contribution in [2.24, 2.45) is 0 Å². The molecule has 0 unspecified atom stereocenters. The lowest BCUT2D eigenvalue weighted by atomic mass is 10.1. The molecule has 0 aliphatic heterocycles. The van der Waals surface area contributed by atoms with Crippen molar-refractivity contribution in [2.45, 2.75) is 27.2 Å². The minimum Gasteiger partial charge on any atom is -0.410 e. The van der Waals surface area contributed by atoms with E-state index in [0.717, 1.165) is 11.1 Å². The number of aliphatic hydroxyl groups excluding tert-OH is 1. The van der Waals surface area contributed by atoms with Crippen molar-refractivity contribution in [3.63, 3.8) is 0 Å². The molecular formula is C13H19NO3. The number of hydrogen-bond acceptors (Lipinski definition) is 3. The van der Waals surface area contributed by atoms with Gasteiger partial charge in [-0.15, -0.1) is 0 Å². The van der Waals surface area contributed by atoms with Crippen LogP contribution in [0.3, 0.4) is 0 Å². The summed E-state index contributed by atoms with van der Waals surface area (Å²) in [5, 5.41) is 11.2. The summed E-state index contributed by atoms with van der Waals surface area (Å²) in [7, 11) is 0. The van der Waals surface area contributed by atoms with Crippen LogP contribution in [0.25, 0.3) is 0 Å². The predicted octanol–water partition coefficient (Wildman–Crippen LogP) is 2.08. The van der Waals surface area contributed by atoms with Crippen LogP contribution >= 0.6 is 0 Å². The molecule has 1 amide bonds. The number of ether oxygens (including phenoxy) is 1. The Morgan fingerprint density at radius 2 is 1.88 bits per heavy atom. The van der Waals surface area contributed by atoms with E-state index in [9.17, 15) is 4.79 Å². The summed E-state index contributed by atoms with van der Waals surface area (Å²) in [6.45, 7) is 6.38. The van der Waals surface area contributed by atoms with Gasteiger partial charge in [-0.25, -0.2) is 4.79 Å². The molecule has 0 aromatic heterocycles. The average molecular weight is 237 g/mol. The van der Waals surface area contributed by atoms with E-state index in [2.05, 4.69) is 5.32 Å². The predicted molar refractivity (Wildman–Crippen MR) is 66.4 cm³/mol. The maximum Gasteiger partial charge on any atom is 0.412 e. The topological polar surface area (TPSA) is 58.6 Å². The average Bonchev–Trinajstić information content (AvgIpc) is 2.26. The van der Waals surface area contributed by atoms with Gasteiger partial charge < -0.3 is 15.2 Å². The van der Waals surface area contributed by atoms with Gasteiger partial charge in [0.05, 0.1) is 0 Å². The highest BCUT2D eigenvalue weighted by Gasteiger charge is 2.07. The highest BCUT2D eigenvalue weighted by Crippen LogP contribution is 2.22. The summed E-state index contributed by atoms with van der Waals surface area (Å²) in [5.41, 5.74) is 3.20. The Morgan fingerprint density at radius 3 is 2.53 bits per heavy atom. The molecule has 1 aromatic carbocycles. The van der Waals surface area contributed by atoms with Gasteiger partial charge in [-0.2, -0.15) is 0 Å². The Balaban J connectivity index is 2.62. The fourth-order valence-electron chi connectivity index (χ4n) is 1.45. The summed E-state index contributed by atoms with van der Waals surface area (Å²) in [5.74, 6) is 0.578. The summed E-state index contributed by atoms with van der Waals surface area (Å²) in [4.78, 5) is 11.4. The van der Waals surface area contributed by atoms with Gasteiger partial charge in [0.25, 0.3) is 0 Å². The molecule has 0 radical (unpaired) electrons. The largest absolute Gasteiger partial charge is 0.412 e. The molecule has 0 aliphatic carbocycles. The Hall–Kier alpha value is -1.55. The van der Waals surface area contributed by atoms with Crippen LogP contribution in [-0.4, -0.2) is 24.4 Å². The fraction of sp³-hybridized carbons (Fsp3) is 0.462. The van der Waals surface area contributed by atoms with E-state index in [1.165, 1.54) is 5.56 Å². The molecule has 0 atom stereocenters. The van der Waals surface area contributed by atoms with Crippen molar-refractivity contribution in [3.05, 3.63) is 28.8 Å². The number of carbonyl (C=O) groups excluding carboxylic acids is 1. The van der Waals surface area contributed by atoms with E-state index in [1.807, 2.05) is 32.9 Å². The molecule has 0 fully saturated rings. The molecule has 4 heteroatoms. The highest BCUT2D eigenvalue weighted by molar-refractivity contribution is 5.70. The maximum atomic E-state index is 11.4. The molecule has 4 nitrogen and oxygen atoms in total. The summed E-state index contributed by atoms with van der Waals surface area (Å²) >= 11 is 0. The van der Waals surface area contributed by atoms with Crippen molar-refractivity contribution in [1.29, 1.82) is 0 Å². The SMILES string of the molecule is Cc1cc(C)c(OC(=O)NCCCO)cc1C. The van der Waals surface area contributed by atoms with Crippen molar-refractivity contribution >= 4 is 6.09 Å². The van der Waals surface area contributed by atoms with Gasteiger partial charge in [0.1, 0.15) is 5.75 Å². The van der Waals surface area contributed by atoms with Crippen molar-refractivity contribution in [1.82, 2.24) is 5.32 Å². The van der Waals surface area contributed by atoms with Crippen molar-refractivity contribution < 1.29 is 14.6 Å². The molecule has 1 rings (SSSR count).